The van der Waals surface area contributed by atoms with Gasteiger partial charge < -0.3 is 9.47 Å². The molecule has 6 heteroatoms. The topological polar surface area (TPSA) is 69.7 Å². The Labute approximate surface area is 97.2 Å². The zero-order chi connectivity index (χ0) is 12.1. The smallest absolute Gasteiger partial charge is 0.334 e. The van der Waals surface area contributed by atoms with Gasteiger partial charge in [-0.25, -0.2) is 4.79 Å². The maximum absolute atomic E-state index is 11.5. The summed E-state index contributed by atoms with van der Waals surface area (Å²) >= 11 is 1.14. The number of ether oxygens (including phenoxy) is 2. The molecule has 0 aromatic rings. The van der Waals surface area contributed by atoms with Gasteiger partial charge >= 0.3 is 11.9 Å². The zero-order valence-electron chi connectivity index (χ0n) is 9.07. The van der Waals surface area contributed by atoms with Gasteiger partial charge in [0.1, 0.15) is 0 Å². The van der Waals surface area contributed by atoms with Crippen LogP contribution >= 0.6 is 11.8 Å². The fraction of sp³-hybridized carbons (Fsp3) is 0.500. The Morgan fingerprint density at radius 2 is 2.00 bits per heavy atom. The number of hydrogen-bond acceptors (Lipinski definition) is 6. The number of thioether (sulfide) groups is 1. The molecule has 1 fully saturated rings. The van der Waals surface area contributed by atoms with E-state index in [2.05, 4.69) is 9.47 Å². The lowest BCUT2D eigenvalue weighted by molar-refractivity contribution is -0.143. The molecule has 1 saturated heterocycles. The predicted molar refractivity (Wildman–Crippen MR) is 57.8 cm³/mol. The van der Waals surface area contributed by atoms with Crippen LogP contribution in [0, 0.1) is 0 Å². The highest BCUT2D eigenvalue weighted by molar-refractivity contribution is 8.14. The first-order valence-corrected chi connectivity index (χ1v) is 5.63. The van der Waals surface area contributed by atoms with E-state index in [1.165, 1.54) is 14.2 Å². The van der Waals surface area contributed by atoms with Crippen molar-refractivity contribution >= 4 is 28.8 Å². The molecule has 0 unspecified atom stereocenters. The SMILES string of the molecule is COC(=O)C/C(C(=O)OC)=C1/CCSC1=O. The molecular weight excluding hydrogens is 232 g/mol. The number of methoxy groups -OCH3 is 2. The van der Waals surface area contributed by atoms with E-state index in [0.717, 1.165) is 11.8 Å². The summed E-state index contributed by atoms with van der Waals surface area (Å²) in [5.74, 6) is -0.565. The monoisotopic (exact) mass is 244 g/mol. The largest absolute Gasteiger partial charge is 0.469 e. The molecule has 1 aliphatic rings. The molecule has 0 aromatic heterocycles. The highest BCUT2D eigenvalue weighted by atomic mass is 32.2. The molecule has 0 spiro atoms. The minimum atomic E-state index is -0.642. The van der Waals surface area contributed by atoms with Gasteiger partial charge in [0.05, 0.1) is 26.2 Å². The van der Waals surface area contributed by atoms with E-state index in [0.29, 0.717) is 17.7 Å². The molecule has 0 amide bonds. The quantitative estimate of drug-likeness (QED) is 0.537. The van der Waals surface area contributed by atoms with Crippen LogP contribution in [0.3, 0.4) is 0 Å². The second-order valence-electron chi connectivity index (χ2n) is 3.09. The molecule has 0 aliphatic carbocycles. The van der Waals surface area contributed by atoms with E-state index in [1.807, 2.05) is 0 Å². The normalized spacial score (nSPS) is 18.2. The number of rotatable bonds is 3. The second kappa shape index (κ2) is 5.69. The fourth-order valence-electron chi connectivity index (χ4n) is 1.35. The van der Waals surface area contributed by atoms with Gasteiger partial charge in [0.2, 0.25) is 5.12 Å². The van der Waals surface area contributed by atoms with E-state index < -0.39 is 11.9 Å². The van der Waals surface area contributed by atoms with Crippen LogP contribution in [0.25, 0.3) is 0 Å². The number of esters is 2. The lowest BCUT2D eigenvalue weighted by Crippen LogP contribution is -2.14. The summed E-state index contributed by atoms with van der Waals surface area (Å²) in [6.45, 7) is 0. The van der Waals surface area contributed by atoms with Gasteiger partial charge in [-0.1, -0.05) is 11.8 Å². The van der Waals surface area contributed by atoms with Crippen molar-refractivity contribution in [1.82, 2.24) is 0 Å². The number of hydrogen-bond donors (Lipinski definition) is 0. The van der Waals surface area contributed by atoms with Gasteiger partial charge in [-0.2, -0.15) is 0 Å². The minimum Gasteiger partial charge on any atom is -0.469 e. The predicted octanol–water partition coefficient (Wildman–Crippen LogP) is 0.683. The molecule has 1 aliphatic heterocycles. The van der Waals surface area contributed by atoms with Crippen LogP contribution in [0.5, 0.6) is 0 Å². The molecule has 88 valence electrons. The summed E-state index contributed by atoms with van der Waals surface area (Å²) in [4.78, 5) is 34.0. The minimum absolute atomic E-state index is 0.115. The van der Waals surface area contributed by atoms with Gasteiger partial charge in [-0.05, 0) is 6.42 Å². The summed E-state index contributed by atoms with van der Waals surface area (Å²) in [5, 5.41) is -0.163. The lowest BCUT2D eigenvalue weighted by atomic mass is 10.0. The summed E-state index contributed by atoms with van der Waals surface area (Å²) in [7, 11) is 2.44. The first-order chi connectivity index (χ1) is 7.60. The second-order valence-corrected chi connectivity index (χ2v) is 4.16. The lowest BCUT2D eigenvalue weighted by Gasteiger charge is -2.06. The molecule has 5 nitrogen and oxygen atoms in total. The van der Waals surface area contributed by atoms with Gasteiger partial charge in [-0.15, -0.1) is 0 Å². The van der Waals surface area contributed by atoms with E-state index in [1.54, 1.807) is 0 Å². The van der Waals surface area contributed by atoms with Gasteiger partial charge in [-0.3, -0.25) is 9.59 Å². The van der Waals surface area contributed by atoms with E-state index in [-0.39, 0.29) is 17.1 Å². The van der Waals surface area contributed by atoms with Crippen molar-refractivity contribution in [3.63, 3.8) is 0 Å². The maximum atomic E-state index is 11.5. The Bertz CT molecular complexity index is 358. The average molecular weight is 244 g/mol. The van der Waals surface area contributed by atoms with Crippen LogP contribution in [-0.4, -0.2) is 37.0 Å². The fourth-order valence-corrected chi connectivity index (χ4v) is 2.24. The van der Waals surface area contributed by atoms with Crippen LogP contribution in [0.4, 0.5) is 0 Å². The molecule has 0 N–H and O–H groups in total. The molecule has 1 heterocycles. The Hall–Kier alpha value is -1.30. The molecule has 0 saturated carbocycles. The van der Waals surface area contributed by atoms with E-state index in [4.69, 9.17) is 0 Å². The summed E-state index contributed by atoms with van der Waals surface area (Å²) in [5.41, 5.74) is 0.492. The Morgan fingerprint density at radius 3 is 2.44 bits per heavy atom. The molecular formula is C10H12O5S. The van der Waals surface area contributed by atoms with Crippen LogP contribution in [0.2, 0.25) is 0 Å². The van der Waals surface area contributed by atoms with Crippen LogP contribution in [0.1, 0.15) is 12.8 Å². The Morgan fingerprint density at radius 1 is 1.31 bits per heavy atom. The first-order valence-electron chi connectivity index (χ1n) is 4.64. The highest BCUT2D eigenvalue weighted by Gasteiger charge is 2.27. The first kappa shape index (κ1) is 12.8. The Balaban J connectivity index is 2.99. The molecule has 0 radical (unpaired) electrons. The third kappa shape index (κ3) is 2.85. The molecule has 0 atom stereocenters. The van der Waals surface area contributed by atoms with Crippen molar-refractivity contribution in [2.24, 2.45) is 0 Å². The standard InChI is InChI=1S/C10H12O5S/c1-14-8(11)5-7(9(12)15-2)6-3-4-16-10(6)13/h3-5H2,1-2H3/b7-6+. The number of carbonyl (C=O) groups is 3. The maximum Gasteiger partial charge on any atom is 0.334 e. The van der Waals surface area contributed by atoms with E-state index in [9.17, 15) is 14.4 Å². The summed E-state index contributed by atoms with van der Waals surface area (Å²) < 4.78 is 9.02. The average Bonchev–Trinajstić information content (AvgIpc) is 2.70. The molecule has 0 aromatic carbocycles. The highest BCUT2D eigenvalue weighted by Crippen LogP contribution is 2.29. The van der Waals surface area contributed by atoms with Gasteiger partial charge in [0.25, 0.3) is 0 Å². The van der Waals surface area contributed by atoms with Gasteiger partial charge in [0.15, 0.2) is 0 Å². The third-order valence-corrected chi connectivity index (χ3v) is 3.09. The van der Waals surface area contributed by atoms with Crippen molar-refractivity contribution in [3.8, 4) is 0 Å². The van der Waals surface area contributed by atoms with Crippen molar-refractivity contribution in [3.05, 3.63) is 11.1 Å². The zero-order valence-corrected chi connectivity index (χ0v) is 9.89. The third-order valence-electron chi connectivity index (χ3n) is 2.18. The van der Waals surface area contributed by atoms with Crippen molar-refractivity contribution in [2.45, 2.75) is 12.8 Å². The van der Waals surface area contributed by atoms with Crippen molar-refractivity contribution < 1.29 is 23.9 Å². The molecule has 1 rings (SSSR count). The Kier molecular flexibility index (Phi) is 4.54. The molecule has 0 bridgehead atoms. The summed E-state index contributed by atoms with van der Waals surface area (Å²) in [6.07, 6.45) is 0.274. The van der Waals surface area contributed by atoms with Crippen LogP contribution in [-0.2, 0) is 23.9 Å². The summed E-state index contributed by atoms with van der Waals surface area (Å²) in [6, 6.07) is 0. The van der Waals surface area contributed by atoms with Crippen molar-refractivity contribution in [1.29, 1.82) is 0 Å². The number of carbonyl (C=O) groups excluding carboxylic acids is 3. The van der Waals surface area contributed by atoms with Crippen molar-refractivity contribution in [2.75, 3.05) is 20.0 Å². The van der Waals surface area contributed by atoms with E-state index >= 15 is 0 Å². The van der Waals surface area contributed by atoms with Crippen LogP contribution in [0.15, 0.2) is 11.1 Å². The van der Waals surface area contributed by atoms with Gasteiger partial charge in [0, 0.05) is 11.3 Å². The van der Waals surface area contributed by atoms with Crippen LogP contribution < -0.4 is 0 Å². The molecule has 16 heavy (non-hydrogen) atoms.